The molecule has 0 radical (unpaired) electrons. The van der Waals surface area contributed by atoms with Gasteiger partial charge < -0.3 is 52.8 Å². The Kier molecular flexibility index (Phi) is 29.5. The van der Waals surface area contributed by atoms with Crippen molar-refractivity contribution in [1.82, 2.24) is 52.8 Å². The zero-order valence-corrected chi connectivity index (χ0v) is 48.8. The highest BCUT2D eigenvalue weighted by molar-refractivity contribution is 6.00. The van der Waals surface area contributed by atoms with E-state index in [2.05, 4.69) is 89.4 Å². The highest BCUT2D eigenvalue weighted by Gasteiger charge is 2.41. The summed E-state index contributed by atoms with van der Waals surface area (Å²) in [5.74, 6) is -3.96. The van der Waals surface area contributed by atoms with Crippen LogP contribution in [-0.2, 0) is 38.4 Å². The van der Waals surface area contributed by atoms with Gasteiger partial charge in [0.15, 0.2) is 0 Å². The number of nitrogens with one attached hydrogen (secondary N) is 9. The molecule has 76 heavy (non-hydrogen) atoms. The molecular formula is C56H97FN10O9. The Hall–Kier alpha value is -5.66. The molecule has 9 amide bonds. The molecule has 1 aliphatic heterocycles. The number of rotatable bonds is 24. The molecule has 1 saturated carbocycles. The maximum absolute atomic E-state index is 13.8. The Morgan fingerprint density at radius 2 is 1.16 bits per heavy atom. The van der Waals surface area contributed by atoms with E-state index in [1.807, 2.05) is 20.8 Å². The highest BCUT2D eigenvalue weighted by Crippen LogP contribution is 2.29. The minimum atomic E-state index is -1.57. The lowest BCUT2D eigenvalue weighted by Gasteiger charge is -2.33. The fourth-order valence-electron chi connectivity index (χ4n) is 8.23. The van der Waals surface area contributed by atoms with E-state index >= 15 is 0 Å². The van der Waals surface area contributed by atoms with Crippen LogP contribution in [0.25, 0.3) is 0 Å². The normalized spacial score (nSPS) is 16.7. The molecule has 2 fully saturated rings. The van der Waals surface area contributed by atoms with Gasteiger partial charge in [-0.2, -0.15) is 0 Å². The third-order valence-corrected chi connectivity index (χ3v) is 12.3. The van der Waals surface area contributed by atoms with Gasteiger partial charge >= 0.3 is 0 Å². The topological polar surface area (TPSA) is 265 Å². The number of carbonyl (C=O) groups is 9. The molecule has 0 aromatic heterocycles. The predicted octanol–water partition coefficient (Wildman–Crippen LogP) is 4.63. The number of carbonyl (C=O) groups excluding carboxylic acids is 9. The lowest BCUT2D eigenvalue weighted by molar-refractivity contribution is -0.138. The Bertz CT molecular complexity index is 2040. The number of halogens is 1. The molecule has 20 heteroatoms. The third kappa shape index (κ3) is 25.9. The van der Waals surface area contributed by atoms with Crippen LogP contribution in [0.3, 0.4) is 0 Å². The van der Waals surface area contributed by atoms with Gasteiger partial charge in [-0.25, -0.2) is 4.39 Å². The van der Waals surface area contributed by atoms with Gasteiger partial charge in [0.25, 0.3) is 5.91 Å². The molecule has 4 atom stereocenters. The van der Waals surface area contributed by atoms with E-state index in [4.69, 9.17) is 0 Å². The average Bonchev–Trinajstić information content (AvgIpc) is 3.71. The summed E-state index contributed by atoms with van der Waals surface area (Å²) in [6.07, 6.45) is 6.85. The zero-order chi connectivity index (χ0) is 58.1. The number of hydrogen-bond donors (Lipinski definition) is 9. The van der Waals surface area contributed by atoms with Gasteiger partial charge in [-0.05, 0) is 128 Å². The number of hydrogen-bond acceptors (Lipinski definition) is 10. The minimum absolute atomic E-state index is 0.00889. The average molecular weight is 1070 g/mol. The molecule has 1 aliphatic carbocycles. The minimum Gasteiger partial charge on any atom is -0.353 e. The maximum Gasteiger partial charge on any atom is 0.254 e. The molecular weight excluding hydrogens is 976 g/mol. The third-order valence-electron chi connectivity index (χ3n) is 12.3. The van der Waals surface area contributed by atoms with Gasteiger partial charge in [-0.15, -0.1) is 0 Å². The highest BCUT2D eigenvalue weighted by atomic mass is 19.1. The number of likely N-dealkylation sites (tertiary alicyclic amines) is 1. The molecule has 432 valence electrons. The number of amides is 9. The Morgan fingerprint density at radius 1 is 0.632 bits per heavy atom. The van der Waals surface area contributed by atoms with Crippen molar-refractivity contribution in [2.24, 2.45) is 29.6 Å². The lowest BCUT2D eigenvalue weighted by Crippen LogP contribution is -2.64. The van der Waals surface area contributed by atoms with Crippen molar-refractivity contribution in [3.63, 3.8) is 0 Å². The van der Waals surface area contributed by atoms with Crippen molar-refractivity contribution in [1.29, 1.82) is 0 Å². The maximum atomic E-state index is 13.8. The monoisotopic (exact) mass is 1070 g/mol. The smallest absolute Gasteiger partial charge is 0.254 e. The van der Waals surface area contributed by atoms with Crippen LogP contribution in [0, 0.1) is 35.4 Å². The largest absolute Gasteiger partial charge is 0.353 e. The quantitative estimate of drug-likeness (QED) is 0.0649. The second-order valence-corrected chi connectivity index (χ2v) is 23.8. The molecule has 1 heterocycles. The predicted molar refractivity (Wildman–Crippen MR) is 295 cm³/mol. The van der Waals surface area contributed by atoms with Crippen LogP contribution in [0.5, 0.6) is 0 Å². The van der Waals surface area contributed by atoms with Crippen LogP contribution < -0.4 is 47.9 Å². The number of likely N-dealkylation sites (N-methyl/N-ethyl adjacent to an activating group) is 1. The summed E-state index contributed by atoms with van der Waals surface area (Å²) >= 11 is 0. The molecule has 1 aromatic rings. The summed E-state index contributed by atoms with van der Waals surface area (Å²) in [6.45, 7) is 27.5. The molecule has 0 spiro atoms. The fourth-order valence-corrected chi connectivity index (χ4v) is 8.23. The van der Waals surface area contributed by atoms with Crippen molar-refractivity contribution in [2.75, 3.05) is 39.8 Å². The van der Waals surface area contributed by atoms with Crippen molar-refractivity contribution in [3.8, 4) is 0 Å². The number of benzene rings is 1. The molecule has 9 N–H and O–H groups in total. The molecule has 0 bridgehead atoms. The van der Waals surface area contributed by atoms with E-state index in [0.717, 1.165) is 43.9 Å². The van der Waals surface area contributed by atoms with Gasteiger partial charge in [0, 0.05) is 25.2 Å². The summed E-state index contributed by atoms with van der Waals surface area (Å²) in [5, 5.41) is 24.0. The molecule has 19 nitrogen and oxygen atoms in total. The Balaban J connectivity index is 0.00000336. The Labute approximate surface area is 453 Å². The van der Waals surface area contributed by atoms with Gasteiger partial charge in [0.05, 0.1) is 13.1 Å². The van der Waals surface area contributed by atoms with Crippen LogP contribution in [0.1, 0.15) is 172 Å². The summed E-state index contributed by atoms with van der Waals surface area (Å²) in [6, 6.07) is 2.11. The first-order valence-corrected chi connectivity index (χ1v) is 27.3. The van der Waals surface area contributed by atoms with Gasteiger partial charge in [-0.1, -0.05) is 94.4 Å². The first-order chi connectivity index (χ1) is 35.2. The van der Waals surface area contributed by atoms with Crippen LogP contribution >= 0.6 is 0 Å². The summed E-state index contributed by atoms with van der Waals surface area (Å²) in [5.41, 5.74) is -4.13. The van der Waals surface area contributed by atoms with Crippen molar-refractivity contribution < 1.29 is 47.5 Å². The lowest BCUT2D eigenvalue weighted by atomic mass is 9.85. The molecule has 1 aromatic carbocycles. The van der Waals surface area contributed by atoms with Crippen molar-refractivity contribution >= 4 is 53.2 Å². The second kappa shape index (κ2) is 32.8. The molecule has 1 saturated heterocycles. The van der Waals surface area contributed by atoms with Crippen LogP contribution in [-0.4, -0.2) is 133 Å². The molecule has 2 aliphatic rings. The van der Waals surface area contributed by atoms with Crippen molar-refractivity contribution in [3.05, 3.63) is 35.6 Å². The van der Waals surface area contributed by atoms with Gasteiger partial charge in [0.1, 0.15) is 40.6 Å². The standard InChI is InChI=1S/C48H77FN10O9.2C4H10/c1-29(2)24-35(40(63)57-48(8,9)45(68)58-47(6,7)43(66)51-23-22-50-10)54-37(60)26-53-44(67)46(4,5)56-38(61)27-52-39(62)34(21-16-31-14-12-11-13-15-31)55-41(64)36-25-30(3)28-59(36)42(65)32-17-19-33(49)20-18-32;2*1-4(2)3/h17-20,29-31,34-36,50H,11-16,21-28H2,1-10H3,(H,51,66)(H,52,62)(H,53,67)(H,54,60)(H,55,64)(H,56,61)(H,57,63)(H,58,68);2*4H,1-3H3/t30?,34-,35?,36-;;/m0../s1. The van der Waals surface area contributed by atoms with E-state index in [1.165, 1.54) is 70.7 Å². The molecule has 2 unspecified atom stereocenters. The second-order valence-electron chi connectivity index (χ2n) is 23.8. The first-order valence-electron chi connectivity index (χ1n) is 27.3. The van der Waals surface area contributed by atoms with E-state index in [0.29, 0.717) is 44.8 Å². The van der Waals surface area contributed by atoms with Gasteiger partial charge in [0.2, 0.25) is 47.3 Å². The van der Waals surface area contributed by atoms with Crippen molar-refractivity contribution in [2.45, 2.75) is 196 Å². The summed E-state index contributed by atoms with van der Waals surface area (Å²) < 4.78 is 13.6. The van der Waals surface area contributed by atoms with Gasteiger partial charge in [-0.3, -0.25) is 43.2 Å². The zero-order valence-electron chi connectivity index (χ0n) is 48.8. The first kappa shape index (κ1) is 68.4. The number of nitrogens with zero attached hydrogens (tertiary/aromatic N) is 1. The van der Waals surface area contributed by atoms with Crippen LogP contribution in [0.15, 0.2) is 24.3 Å². The van der Waals surface area contributed by atoms with E-state index < -0.39 is 107 Å². The summed E-state index contributed by atoms with van der Waals surface area (Å²) in [4.78, 5) is 121. The SMILES string of the molecule is CC(C)C.CC(C)C.CNCCNC(=O)C(C)(C)NC(=O)C(C)(C)NC(=O)C(CC(C)C)NC(=O)CNC(=O)C(C)(C)NC(=O)CNC(=O)[C@H](CCC1CCCCC1)NC(=O)[C@@H]1CC(C)CN1C(=O)c1ccc(F)cc1. The summed E-state index contributed by atoms with van der Waals surface area (Å²) in [7, 11) is 1.74. The molecule has 3 rings (SSSR count). The van der Waals surface area contributed by atoms with Crippen LogP contribution in [0.4, 0.5) is 4.39 Å². The Morgan fingerprint density at radius 3 is 1.71 bits per heavy atom. The van der Waals surface area contributed by atoms with E-state index in [9.17, 15) is 47.5 Å². The van der Waals surface area contributed by atoms with E-state index in [-0.39, 0.29) is 23.8 Å². The van der Waals surface area contributed by atoms with Crippen LogP contribution in [0.2, 0.25) is 0 Å². The van der Waals surface area contributed by atoms with E-state index in [1.54, 1.807) is 7.05 Å². The fraction of sp³-hybridized carbons (Fsp3) is 0.732.